The maximum atomic E-state index is 12.5. The lowest BCUT2D eigenvalue weighted by Gasteiger charge is -2.35. The zero-order valence-corrected chi connectivity index (χ0v) is 12.4. The summed E-state index contributed by atoms with van der Waals surface area (Å²) in [5, 5.41) is 12.4. The minimum atomic E-state index is -0.806. The Morgan fingerprint density at radius 1 is 1.35 bits per heavy atom. The Morgan fingerprint density at radius 3 is 2.70 bits per heavy atom. The van der Waals surface area contributed by atoms with Gasteiger partial charge in [-0.05, 0) is 45.7 Å². The van der Waals surface area contributed by atoms with Crippen molar-refractivity contribution in [3.8, 4) is 0 Å². The number of likely N-dealkylation sites (tertiary alicyclic amines) is 2. The molecule has 2 atom stereocenters. The molecule has 2 fully saturated rings. The van der Waals surface area contributed by atoms with Crippen molar-refractivity contribution >= 4 is 12.0 Å². The Hall–Kier alpha value is -1.30. The smallest absolute Gasteiger partial charge is 0.320 e. The lowest BCUT2D eigenvalue weighted by molar-refractivity contribution is -0.147. The van der Waals surface area contributed by atoms with Crippen molar-refractivity contribution < 1.29 is 14.7 Å². The van der Waals surface area contributed by atoms with Crippen LogP contribution in [0.25, 0.3) is 0 Å². The molecule has 0 aliphatic carbocycles. The van der Waals surface area contributed by atoms with Crippen molar-refractivity contribution in [1.29, 1.82) is 0 Å². The minimum absolute atomic E-state index is 0.00998. The zero-order chi connectivity index (χ0) is 14.8. The molecule has 114 valence electrons. The van der Waals surface area contributed by atoms with E-state index in [0.29, 0.717) is 25.4 Å². The van der Waals surface area contributed by atoms with Gasteiger partial charge in [0.2, 0.25) is 0 Å². The Kier molecular flexibility index (Phi) is 4.52. The van der Waals surface area contributed by atoms with Gasteiger partial charge in [0.25, 0.3) is 0 Å². The summed E-state index contributed by atoms with van der Waals surface area (Å²) in [6, 6.07) is 0.00998. The zero-order valence-electron chi connectivity index (χ0n) is 12.4. The second-order valence-corrected chi connectivity index (χ2v) is 6.33. The Morgan fingerprint density at radius 2 is 2.10 bits per heavy atom. The highest BCUT2D eigenvalue weighted by atomic mass is 16.4. The van der Waals surface area contributed by atoms with E-state index >= 15 is 0 Å². The second kappa shape index (κ2) is 5.99. The van der Waals surface area contributed by atoms with E-state index in [4.69, 9.17) is 0 Å². The summed E-state index contributed by atoms with van der Waals surface area (Å²) in [4.78, 5) is 27.3. The van der Waals surface area contributed by atoms with Crippen LogP contribution in [0.4, 0.5) is 4.79 Å². The highest BCUT2D eigenvalue weighted by Crippen LogP contribution is 2.31. The van der Waals surface area contributed by atoms with Gasteiger partial charge in [-0.15, -0.1) is 0 Å². The molecule has 2 saturated heterocycles. The number of carboxylic acids is 1. The number of hydrogen-bond acceptors (Lipinski definition) is 3. The number of nitrogens with one attached hydrogen (secondary N) is 1. The third kappa shape index (κ3) is 3.06. The molecular weight excluding hydrogens is 258 g/mol. The first-order valence-electron chi connectivity index (χ1n) is 7.38. The molecule has 0 aromatic carbocycles. The Labute approximate surface area is 120 Å². The van der Waals surface area contributed by atoms with Gasteiger partial charge in [0, 0.05) is 26.2 Å². The van der Waals surface area contributed by atoms with Crippen LogP contribution in [0.2, 0.25) is 0 Å². The number of urea groups is 1. The fourth-order valence-corrected chi connectivity index (χ4v) is 3.19. The van der Waals surface area contributed by atoms with Gasteiger partial charge in [0.1, 0.15) is 0 Å². The predicted octanol–water partition coefficient (Wildman–Crippen LogP) is 0.834. The topological polar surface area (TPSA) is 72.9 Å². The first-order valence-corrected chi connectivity index (χ1v) is 7.38. The van der Waals surface area contributed by atoms with Crippen LogP contribution >= 0.6 is 0 Å². The molecule has 2 amide bonds. The van der Waals surface area contributed by atoms with E-state index in [1.165, 1.54) is 0 Å². The lowest BCUT2D eigenvalue weighted by atomic mass is 9.90. The first-order chi connectivity index (χ1) is 9.46. The molecule has 2 heterocycles. The molecule has 0 radical (unpaired) electrons. The normalized spacial score (nSPS) is 30.6. The van der Waals surface area contributed by atoms with E-state index in [1.54, 1.807) is 11.8 Å². The van der Waals surface area contributed by atoms with Crippen LogP contribution in [-0.2, 0) is 4.79 Å². The third-order valence-corrected chi connectivity index (χ3v) is 4.54. The summed E-state index contributed by atoms with van der Waals surface area (Å²) in [5.74, 6) is -0.300. The van der Waals surface area contributed by atoms with Gasteiger partial charge >= 0.3 is 12.0 Å². The molecule has 2 N–H and O–H groups in total. The summed E-state index contributed by atoms with van der Waals surface area (Å²) in [6.45, 7) is 5.10. The van der Waals surface area contributed by atoms with Gasteiger partial charge in [-0.2, -0.15) is 0 Å². The molecular formula is C14H25N3O3. The average molecular weight is 283 g/mol. The standard InChI is InChI=1S/C14H25N3O3/c1-14(12(18)19)5-7-17(10-14)13(20)16-6-3-4-11(9-16)8-15-2/h11,15H,3-10H2,1-2H3,(H,18,19). The monoisotopic (exact) mass is 283 g/mol. The molecule has 2 aliphatic rings. The number of rotatable bonds is 3. The summed E-state index contributed by atoms with van der Waals surface area (Å²) >= 11 is 0. The molecule has 0 aromatic rings. The molecule has 6 heteroatoms. The van der Waals surface area contributed by atoms with Crippen molar-refractivity contribution in [2.75, 3.05) is 39.8 Å². The number of nitrogens with zero attached hydrogens (tertiary/aromatic N) is 2. The highest BCUT2D eigenvalue weighted by Gasteiger charge is 2.43. The number of carbonyl (C=O) groups excluding carboxylic acids is 1. The number of carboxylic acid groups (broad SMARTS) is 1. The molecule has 2 unspecified atom stereocenters. The second-order valence-electron chi connectivity index (χ2n) is 6.33. The fourth-order valence-electron chi connectivity index (χ4n) is 3.19. The molecule has 2 aliphatic heterocycles. The molecule has 0 bridgehead atoms. The highest BCUT2D eigenvalue weighted by molar-refractivity contribution is 5.79. The van der Waals surface area contributed by atoms with Crippen LogP contribution in [0.5, 0.6) is 0 Å². The van der Waals surface area contributed by atoms with E-state index in [-0.39, 0.29) is 6.03 Å². The molecule has 0 aromatic heterocycles. The molecule has 20 heavy (non-hydrogen) atoms. The van der Waals surface area contributed by atoms with Crippen LogP contribution in [-0.4, -0.2) is 66.7 Å². The van der Waals surface area contributed by atoms with Crippen molar-refractivity contribution in [3.63, 3.8) is 0 Å². The maximum Gasteiger partial charge on any atom is 0.320 e. The van der Waals surface area contributed by atoms with Gasteiger partial charge in [0.05, 0.1) is 5.41 Å². The van der Waals surface area contributed by atoms with Crippen molar-refractivity contribution in [2.45, 2.75) is 26.2 Å². The summed E-state index contributed by atoms with van der Waals surface area (Å²) in [5.41, 5.74) is -0.782. The van der Waals surface area contributed by atoms with Gasteiger partial charge in [-0.3, -0.25) is 4.79 Å². The first kappa shape index (κ1) is 15.1. The number of carbonyl (C=O) groups is 2. The van der Waals surface area contributed by atoms with Crippen LogP contribution in [0.3, 0.4) is 0 Å². The maximum absolute atomic E-state index is 12.5. The summed E-state index contributed by atoms with van der Waals surface area (Å²) in [7, 11) is 1.93. The van der Waals surface area contributed by atoms with Gasteiger partial charge < -0.3 is 20.2 Å². The van der Waals surface area contributed by atoms with Crippen LogP contribution in [0.1, 0.15) is 26.2 Å². The largest absolute Gasteiger partial charge is 0.481 e. The third-order valence-electron chi connectivity index (χ3n) is 4.54. The SMILES string of the molecule is CNCC1CCCN(C(=O)N2CCC(C)(C(=O)O)C2)C1. The van der Waals surface area contributed by atoms with E-state index in [9.17, 15) is 14.7 Å². The fraction of sp³-hybridized carbons (Fsp3) is 0.857. The van der Waals surface area contributed by atoms with Gasteiger partial charge in [0.15, 0.2) is 0 Å². The summed E-state index contributed by atoms with van der Waals surface area (Å²) in [6.07, 6.45) is 2.72. The van der Waals surface area contributed by atoms with E-state index in [1.807, 2.05) is 11.9 Å². The number of amides is 2. The number of aliphatic carboxylic acids is 1. The van der Waals surface area contributed by atoms with E-state index in [0.717, 1.165) is 32.5 Å². The molecule has 0 saturated carbocycles. The minimum Gasteiger partial charge on any atom is -0.481 e. The van der Waals surface area contributed by atoms with Gasteiger partial charge in [-0.25, -0.2) is 4.79 Å². The number of hydrogen-bond donors (Lipinski definition) is 2. The van der Waals surface area contributed by atoms with Crippen LogP contribution in [0, 0.1) is 11.3 Å². The molecule has 6 nitrogen and oxygen atoms in total. The van der Waals surface area contributed by atoms with Crippen molar-refractivity contribution in [2.24, 2.45) is 11.3 Å². The van der Waals surface area contributed by atoms with E-state index < -0.39 is 11.4 Å². The van der Waals surface area contributed by atoms with Crippen LogP contribution < -0.4 is 5.32 Å². The van der Waals surface area contributed by atoms with Crippen LogP contribution in [0.15, 0.2) is 0 Å². The predicted molar refractivity (Wildman–Crippen MR) is 75.6 cm³/mol. The van der Waals surface area contributed by atoms with Crippen molar-refractivity contribution in [3.05, 3.63) is 0 Å². The number of piperidine rings is 1. The quantitative estimate of drug-likeness (QED) is 0.805. The Balaban J connectivity index is 1.93. The van der Waals surface area contributed by atoms with Crippen molar-refractivity contribution in [1.82, 2.24) is 15.1 Å². The Bertz CT molecular complexity index is 386. The van der Waals surface area contributed by atoms with Gasteiger partial charge in [-0.1, -0.05) is 0 Å². The summed E-state index contributed by atoms with van der Waals surface area (Å²) < 4.78 is 0. The molecule has 0 spiro atoms. The molecule has 2 rings (SSSR count). The lowest BCUT2D eigenvalue weighted by Crippen LogP contribution is -2.48. The average Bonchev–Trinajstić information content (AvgIpc) is 2.83. The van der Waals surface area contributed by atoms with E-state index in [2.05, 4.69) is 5.32 Å².